The smallest absolute Gasteiger partial charge is 0.222 e. The van der Waals surface area contributed by atoms with Crippen LogP contribution in [0, 0.1) is 0 Å². The van der Waals surface area contributed by atoms with Crippen molar-refractivity contribution in [3.63, 3.8) is 0 Å². The predicted molar refractivity (Wildman–Crippen MR) is 95.3 cm³/mol. The Balaban J connectivity index is 1.46. The van der Waals surface area contributed by atoms with Gasteiger partial charge in [0, 0.05) is 37.7 Å². The Morgan fingerprint density at radius 3 is 2.72 bits per heavy atom. The van der Waals surface area contributed by atoms with Gasteiger partial charge in [-0.2, -0.15) is 0 Å². The Morgan fingerprint density at radius 1 is 1.12 bits per heavy atom. The lowest BCUT2D eigenvalue weighted by Gasteiger charge is -2.20. The number of anilines is 1. The molecule has 5 heteroatoms. The van der Waals surface area contributed by atoms with E-state index >= 15 is 0 Å². The molecule has 1 aromatic carbocycles. The number of aliphatic hydroxyl groups is 1. The second kappa shape index (κ2) is 6.92. The van der Waals surface area contributed by atoms with E-state index in [0.29, 0.717) is 30.6 Å². The number of rotatable bonds is 6. The summed E-state index contributed by atoms with van der Waals surface area (Å²) in [4.78, 5) is 16.2. The molecule has 0 spiro atoms. The molecule has 1 atom stereocenters. The quantitative estimate of drug-likeness (QED) is 0.878. The summed E-state index contributed by atoms with van der Waals surface area (Å²) < 4.78 is 5.66. The van der Waals surface area contributed by atoms with Gasteiger partial charge in [-0.05, 0) is 36.6 Å². The highest BCUT2D eigenvalue weighted by molar-refractivity contribution is 5.78. The number of fused-ring (bicyclic) bond motifs is 1. The van der Waals surface area contributed by atoms with E-state index in [2.05, 4.69) is 29.2 Å². The zero-order chi connectivity index (χ0) is 17.2. The molecule has 1 N–H and O–H groups in total. The van der Waals surface area contributed by atoms with E-state index in [1.54, 1.807) is 0 Å². The van der Waals surface area contributed by atoms with Crippen molar-refractivity contribution in [3.05, 3.63) is 53.5 Å². The van der Waals surface area contributed by atoms with E-state index in [1.165, 1.54) is 11.3 Å². The van der Waals surface area contributed by atoms with E-state index in [-0.39, 0.29) is 6.61 Å². The topological polar surface area (TPSA) is 56.9 Å². The van der Waals surface area contributed by atoms with Crippen LogP contribution in [0.3, 0.4) is 0 Å². The summed E-state index contributed by atoms with van der Waals surface area (Å²) in [5.74, 6) is 2.22. The van der Waals surface area contributed by atoms with Crippen LogP contribution in [-0.2, 0) is 17.9 Å². The summed E-state index contributed by atoms with van der Waals surface area (Å²) >= 11 is 0. The molecule has 1 fully saturated rings. The minimum atomic E-state index is -0.0664. The van der Waals surface area contributed by atoms with Crippen molar-refractivity contribution in [3.8, 4) is 0 Å². The van der Waals surface area contributed by atoms with E-state index in [1.807, 2.05) is 17.0 Å². The summed E-state index contributed by atoms with van der Waals surface area (Å²) in [5.41, 5.74) is 2.62. The third-order valence-corrected chi connectivity index (χ3v) is 5.30. The molecule has 1 saturated heterocycles. The molecule has 2 aromatic rings. The van der Waals surface area contributed by atoms with Crippen molar-refractivity contribution in [2.24, 2.45) is 0 Å². The Bertz CT molecular complexity index is 755. The van der Waals surface area contributed by atoms with Crippen LogP contribution in [0.4, 0.5) is 5.69 Å². The fraction of sp³-hybridized carbons (Fsp3) is 0.450. The van der Waals surface area contributed by atoms with Crippen LogP contribution in [0.2, 0.25) is 0 Å². The van der Waals surface area contributed by atoms with E-state index in [9.17, 15) is 4.79 Å². The normalized spacial score (nSPS) is 19.7. The predicted octanol–water partition coefficient (Wildman–Crippen LogP) is 2.89. The molecule has 2 aliphatic heterocycles. The van der Waals surface area contributed by atoms with Gasteiger partial charge in [0.15, 0.2) is 0 Å². The fourth-order valence-electron chi connectivity index (χ4n) is 4.01. The number of benzene rings is 1. The van der Waals surface area contributed by atoms with Gasteiger partial charge in [0.05, 0.1) is 6.54 Å². The molecule has 0 unspecified atom stereocenters. The summed E-state index contributed by atoms with van der Waals surface area (Å²) in [7, 11) is 0. The van der Waals surface area contributed by atoms with Crippen LogP contribution < -0.4 is 4.90 Å². The first-order valence-electron chi connectivity index (χ1n) is 9.04. The number of para-hydroxylation sites is 1. The van der Waals surface area contributed by atoms with E-state index < -0.39 is 0 Å². The third kappa shape index (κ3) is 3.29. The summed E-state index contributed by atoms with van der Waals surface area (Å²) in [6.07, 6.45) is 2.70. The van der Waals surface area contributed by atoms with Crippen molar-refractivity contribution in [2.75, 3.05) is 24.5 Å². The molecule has 2 aliphatic rings. The fourth-order valence-corrected chi connectivity index (χ4v) is 4.01. The van der Waals surface area contributed by atoms with Crippen LogP contribution in [0.1, 0.15) is 42.3 Å². The molecule has 0 bridgehead atoms. The number of furan rings is 1. The van der Waals surface area contributed by atoms with E-state index in [4.69, 9.17) is 9.52 Å². The second-order valence-corrected chi connectivity index (χ2v) is 6.94. The molecular formula is C20H24N2O3. The van der Waals surface area contributed by atoms with Crippen molar-refractivity contribution < 1.29 is 14.3 Å². The SMILES string of the molecule is O=C1CCCN1CC[C@@H]1CN(Cc2ccc(CO)o2)c2ccccc21. The molecule has 5 nitrogen and oxygen atoms in total. The molecule has 1 amide bonds. The van der Waals surface area contributed by atoms with Gasteiger partial charge in [-0.3, -0.25) is 4.79 Å². The van der Waals surface area contributed by atoms with Gasteiger partial charge in [0.1, 0.15) is 18.1 Å². The third-order valence-electron chi connectivity index (χ3n) is 5.30. The van der Waals surface area contributed by atoms with Gasteiger partial charge in [0.2, 0.25) is 5.91 Å². The molecule has 132 valence electrons. The maximum Gasteiger partial charge on any atom is 0.222 e. The van der Waals surface area contributed by atoms with Gasteiger partial charge in [-0.1, -0.05) is 18.2 Å². The molecule has 3 heterocycles. The van der Waals surface area contributed by atoms with Gasteiger partial charge in [0.25, 0.3) is 0 Å². The Labute approximate surface area is 147 Å². The molecular weight excluding hydrogens is 316 g/mol. The average molecular weight is 340 g/mol. The number of amides is 1. The summed E-state index contributed by atoms with van der Waals surface area (Å²) in [6.45, 7) is 3.34. The number of hydrogen-bond donors (Lipinski definition) is 1. The minimum Gasteiger partial charge on any atom is -0.462 e. The zero-order valence-corrected chi connectivity index (χ0v) is 14.4. The maximum absolute atomic E-state index is 11.8. The number of carbonyl (C=O) groups is 1. The minimum absolute atomic E-state index is 0.0664. The lowest BCUT2D eigenvalue weighted by atomic mass is 9.98. The first-order valence-corrected chi connectivity index (χ1v) is 9.04. The standard InChI is InChI=1S/C20H24N2O3/c23-14-17-8-7-16(25-17)13-22-12-15(18-4-1-2-5-19(18)22)9-11-21-10-3-6-20(21)24/h1-2,4-5,7-8,15,23H,3,6,9-14H2/t15-/m1/s1. The number of hydrogen-bond acceptors (Lipinski definition) is 4. The lowest BCUT2D eigenvalue weighted by molar-refractivity contribution is -0.127. The summed E-state index contributed by atoms with van der Waals surface area (Å²) in [6, 6.07) is 12.3. The van der Waals surface area contributed by atoms with Crippen molar-refractivity contribution >= 4 is 11.6 Å². The number of nitrogens with zero attached hydrogens (tertiary/aromatic N) is 2. The Morgan fingerprint density at radius 2 is 1.96 bits per heavy atom. The van der Waals surface area contributed by atoms with Gasteiger partial charge in [-0.25, -0.2) is 0 Å². The molecule has 4 rings (SSSR count). The van der Waals surface area contributed by atoms with Gasteiger partial charge >= 0.3 is 0 Å². The van der Waals surface area contributed by atoms with Gasteiger partial charge < -0.3 is 19.3 Å². The van der Waals surface area contributed by atoms with Crippen LogP contribution in [0.15, 0.2) is 40.8 Å². The first kappa shape index (κ1) is 16.2. The van der Waals surface area contributed by atoms with Crippen LogP contribution in [0.25, 0.3) is 0 Å². The monoisotopic (exact) mass is 340 g/mol. The van der Waals surface area contributed by atoms with Crippen molar-refractivity contribution in [2.45, 2.75) is 38.3 Å². The van der Waals surface area contributed by atoms with Crippen molar-refractivity contribution in [1.29, 1.82) is 0 Å². The molecule has 25 heavy (non-hydrogen) atoms. The second-order valence-electron chi connectivity index (χ2n) is 6.94. The lowest BCUT2D eigenvalue weighted by Crippen LogP contribution is -2.28. The van der Waals surface area contributed by atoms with Crippen molar-refractivity contribution in [1.82, 2.24) is 4.90 Å². The summed E-state index contributed by atoms with van der Waals surface area (Å²) in [5, 5.41) is 9.17. The first-order chi connectivity index (χ1) is 12.2. The van der Waals surface area contributed by atoms with Crippen LogP contribution >= 0.6 is 0 Å². The largest absolute Gasteiger partial charge is 0.462 e. The van der Waals surface area contributed by atoms with Crippen LogP contribution in [0.5, 0.6) is 0 Å². The highest BCUT2D eigenvalue weighted by Gasteiger charge is 2.30. The number of aliphatic hydroxyl groups excluding tert-OH is 1. The Hall–Kier alpha value is -2.27. The molecule has 0 radical (unpaired) electrons. The van der Waals surface area contributed by atoms with Crippen LogP contribution in [-0.4, -0.2) is 35.5 Å². The number of carbonyl (C=O) groups excluding carboxylic acids is 1. The molecule has 1 aromatic heterocycles. The maximum atomic E-state index is 11.8. The number of likely N-dealkylation sites (tertiary alicyclic amines) is 1. The average Bonchev–Trinajstić information content (AvgIpc) is 3.33. The van der Waals surface area contributed by atoms with E-state index in [0.717, 1.165) is 38.2 Å². The zero-order valence-electron chi connectivity index (χ0n) is 14.4. The molecule has 0 saturated carbocycles. The molecule has 0 aliphatic carbocycles. The highest BCUT2D eigenvalue weighted by atomic mass is 16.4. The Kier molecular flexibility index (Phi) is 4.49. The highest BCUT2D eigenvalue weighted by Crippen LogP contribution is 2.39. The van der Waals surface area contributed by atoms with Gasteiger partial charge in [-0.15, -0.1) is 0 Å².